The predicted molar refractivity (Wildman–Crippen MR) is 97.6 cm³/mol. The van der Waals surface area contributed by atoms with Gasteiger partial charge in [0, 0.05) is 26.0 Å². The van der Waals surface area contributed by atoms with E-state index in [0.717, 1.165) is 0 Å². The summed E-state index contributed by atoms with van der Waals surface area (Å²) in [7, 11) is 0. The molecule has 1 aromatic carbocycles. The molecule has 0 aliphatic carbocycles. The average Bonchev–Trinajstić information content (AvgIpc) is 2.72. The van der Waals surface area contributed by atoms with Crippen LogP contribution < -0.4 is 10.6 Å². The highest BCUT2D eigenvalue weighted by Crippen LogP contribution is 2.37. The van der Waals surface area contributed by atoms with Gasteiger partial charge in [-0.2, -0.15) is 26.3 Å². The summed E-state index contributed by atoms with van der Waals surface area (Å²) in [6.07, 6.45) is -8.20. The average molecular weight is 466 g/mol. The molecule has 0 saturated carbocycles. The maximum atomic E-state index is 13.5. The maximum Gasteiger partial charge on any atom is 0.434 e. The molecule has 1 aliphatic rings. The quantitative estimate of drug-likeness (QED) is 0.633. The number of ether oxygens (including phenoxy) is 1. The number of hydrogen-bond acceptors (Lipinski definition) is 5. The zero-order valence-corrected chi connectivity index (χ0v) is 16.3. The fourth-order valence-corrected chi connectivity index (χ4v) is 3.09. The number of hydrogen-bond donors (Lipinski definition) is 2. The van der Waals surface area contributed by atoms with Crippen molar-refractivity contribution < 1.29 is 40.3 Å². The van der Waals surface area contributed by atoms with Gasteiger partial charge in [0.05, 0.1) is 16.8 Å². The first kappa shape index (κ1) is 23.7. The number of benzene rings is 1. The first-order valence-electron chi connectivity index (χ1n) is 9.39. The lowest BCUT2D eigenvalue weighted by molar-refractivity contribution is -0.141. The molecule has 0 radical (unpaired) electrons. The van der Waals surface area contributed by atoms with E-state index in [9.17, 15) is 35.5 Å². The SMILES string of the molecule is O=C(NCC1CCOCC1)c1cnc(Nc2ccc(F)cc2C(F)(F)F)nc1C(F)(F)F. The molecule has 1 fully saturated rings. The van der Waals surface area contributed by atoms with Crippen LogP contribution in [0.5, 0.6) is 0 Å². The van der Waals surface area contributed by atoms with E-state index in [1.54, 1.807) is 0 Å². The van der Waals surface area contributed by atoms with Gasteiger partial charge >= 0.3 is 12.4 Å². The Morgan fingerprint density at radius 1 is 1.09 bits per heavy atom. The van der Waals surface area contributed by atoms with Gasteiger partial charge in [0.25, 0.3) is 5.91 Å². The number of aromatic nitrogens is 2. The van der Waals surface area contributed by atoms with E-state index in [0.29, 0.717) is 44.4 Å². The van der Waals surface area contributed by atoms with Crippen LogP contribution in [0.15, 0.2) is 24.4 Å². The van der Waals surface area contributed by atoms with Crippen LogP contribution in [-0.2, 0) is 17.1 Å². The van der Waals surface area contributed by atoms with Gasteiger partial charge in [0.15, 0.2) is 5.69 Å². The summed E-state index contributed by atoms with van der Waals surface area (Å²) >= 11 is 0. The molecule has 0 unspecified atom stereocenters. The molecule has 1 saturated heterocycles. The number of nitrogens with zero attached hydrogens (tertiary/aromatic N) is 2. The van der Waals surface area contributed by atoms with Crippen LogP contribution in [0.2, 0.25) is 0 Å². The second-order valence-corrected chi connectivity index (χ2v) is 7.03. The first-order chi connectivity index (χ1) is 14.9. The highest BCUT2D eigenvalue weighted by atomic mass is 19.4. The molecule has 1 aliphatic heterocycles. The van der Waals surface area contributed by atoms with Gasteiger partial charge in [-0.3, -0.25) is 4.79 Å². The highest BCUT2D eigenvalue weighted by molar-refractivity contribution is 5.95. The summed E-state index contributed by atoms with van der Waals surface area (Å²) in [4.78, 5) is 19.1. The van der Waals surface area contributed by atoms with Gasteiger partial charge in [-0.05, 0) is 37.0 Å². The molecule has 0 spiro atoms. The molecule has 32 heavy (non-hydrogen) atoms. The number of amides is 1. The minimum absolute atomic E-state index is 0.0446. The molecule has 1 amide bonds. The summed E-state index contributed by atoms with van der Waals surface area (Å²) < 4.78 is 98.3. The van der Waals surface area contributed by atoms with E-state index in [1.807, 2.05) is 5.32 Å². The summed E-state index contributed by atoms with van der Waals surface area (Å²) in [5, 5.41) is 4.41. The second kappa shape index (κ2) is 9.27. The van der Waals surface area contributed by atoms with Gasteiger partial charge in [-0.15, -0.1) is 0 Å². The zero-order valence-electron chi connectivity index (χ0n) is 16.3. The summed E-state index contributed by atoms with van der Waals surface area (Å²) in [5.74, 6) is -3.04. The monoisotopic (exact) mass is 466 g/mol. The van der Waals surface area contributed by atoms with Crippen LogP contribution in [-0.4, -0.2) is 35.6 Å². The second-order valence-electron chi connectivity index (χ2n) is 7.03. The Bertz CT molecular complexity index is 973. The van der Waals surface area contributed by atoms with E-state index in [1.165, 1.54) is 0 Å². The van der Waals surface area contributed by atoms with Crippen molar-refractivity contribution >= 4 is 17.5 Å². The minimum Gasteiger partial charge on any atom is -0.381 e. The molecule has 2 aromatic rings. The molecule has 0 atom stereocenters. The molecular formula is C19H17F7N4O2. The number of halogens is 7. The van der Waals surface area contributed by atoms with E-state index in [4.69, 9.17) is 4.74 Å². The van der Waals surface area contributed by atoms with Crippen LogP contribution >= 0.6 is 0 Å². The molecule has 2 N–H and O–H groups in total. The molecular weight excluding hydrogens is 449 g/mol. The standard InChI is InChI=1S/C19H17F7N4O2/c20-11-1-2-14(13(7-11)18(21,22)23)29-17-28-9-12(15(30-17)19(24,25)26)16(31)27-8-10-3-5-32-6-4-10/h1-2,7,9-10H,3-6,8H2,(H,27,31)(H,28,29,30). The van der Waals surface area contributed by atoms with Crippen molar-refractivity contribution in [3.63, 3.8) is 0 Å². The largest absolute Gasteiger partial charge is 0.434 e. The lowest BCUT2D eigenvalue weighted by atomic mass is 10.0. The number of carbonyl (C=O) groups excluding carboxylic acids is 1. The van der Waals surface area contributed by atoms with Crippen molar-refractivity contribution in [2.45, 2.75) is 25.2 Å². The van der Waals surface area contributed by atoms with Gasteiger partial charge in [0.1, 0.15) is 5.82 Å². The van der Waals surface area contributed by atoms with Crippen LogP contribution in [0.3, 0.4) is 0 Å². The Morgan fingerprint density at radius 3 is 2.41 bits per heavy atom. The smallest absolute Gasteiger partial charge is 0.381 e. The Hall–Kier alpha value is -2.96. The van der Waals surface area contributed by atoms with Crippen LogP contribution in [0.1, 0.15) is 34.5 Å². The lowest BCUT2D eigenvalue weighted by Gasteiger charge is -2.22. The zero-order chi connectivity index (χ0) is 23.5. The van der Waals surface area contributed by atoms with Crippen molar-refractivity contribution in [1.29, 1.82) is 0 Å². The topological polar surface area (TPSA) is 76.1 Å². The van der Waals surface area contributed by atoms with E-state index in [-0.39, 0.29) is 18.5 Å². The molecule has 2 heterocycles. The van der Waals surface area contributed by atoms with E-state index < -0.39 is 52.5 Å². The number of anilines is 2. The van der Waals surface area contributed by atoms with E-state index >= 15 is 0 Å². The molecule has 174 valence electrons. The van der Waals surface area contributed by atoms with Crippen LogP contribution in [0.4, 0.5) is 42.4 Å². The maximum absolute atomic E-state index is 13.5. The van der Waals surface area contributed by atoms with Gasteiger partial charge in [-0.25, -0.2) is 14.4 Å². The third-order valence-corrected chi connectivity index (χ3v) is 4.73. The van der Waals surface area contributed by atoms with Crippen molar-refractivity contribution in [2.24, 2.45) is 5.92 Å². The third kappa shape index (κ3) is 5.84. The van der Waals surface area contributed by atoms with Crippen molar-refractivity contribution in [3.8, 4) is 0 Å². The van der Waals surface area contributed by atoms with Gasteiger partial charge < -0.3 is 15.4 Å². The summed E-state index contributed by atoms with van der Waals surface area (Å²) in [5.41, 5.74) is -4.68. The summed E-state index contributed by atoms with van der Waals surface area (Å²) in [6.45, 7) is 1.10. The molecule has 13 heteroatoms. The number of carbonyl (C=O) groups is 1. The third-order valence-electron chi connectivity index (χ3n) is 4.73. The Kier molecular flexibility index (Phi) is 6.86. The van der Waals surface area contributed by atoms with Crippen LogP contribution in [0.25, 0.3) is 0 Å². The van der Waals surface area contributed by atoms with Gasteiger partial charge in [0.2, 0.25) is 5.95 Å². The minimum atomic E-state index is -5.08. The molecule has 0 bridgehead atoms. The molecule has 3 rings (SSSR count). The van der Waals surface area contributed by atoms with E-state index in [2.05, 4.69) is 15.3 Å². The van der Waals surface area contributed by atoms with Gasteiger partial charge in [-0.1, -0.05) is 0 Å². The number of rotatable bonds is 5. The number of nitrogens with one attached hydrogen (secondary N) is 2. The molecule has 6 nitrogen and oxygen atoms in total. The highest BCUT2D eigenvalue weighted by Gasteiger charge is 2.39. The fourth-order valence-electron chi connectivity index (χ4n) is 3.09. The summed E-state index contributed by atoms with van der Waals surface area (Å²) in [6, 6.07) is 1.58. The Balaban J connectivity index is 1.85. The van der Waals surface area contributed by atoms with Crippen molar-refractivity contribution in [2.75, 3.05) is 25.1 Å². The fraction of sp³-hybridized carbons (Fsp3) is 0.421. The molecule has 1 aromatic heterocycles. The lowest BCUT2D eigenvalue weighted by Crippen LogP contribution is -2.33. The number of alkyl halides is 6. The first-order valence-corrected chi connectivity index (χ1v) is 9.39. The van der Waals surface area contributed by atoms with Crippen molar-refractivity contribution in [1.82, 2.24) is 15.3 Å². The van der Waals surface area contributed by atoms with Crippen LogP contribution in [0, 0.1) is 11.7 Å². The Labute approximate surface area is 177 Å². The van der Waals surface area contributed by atoms with Crippen molar-refractivity contribution in [3.05, 3.63) is 47.0 Å². The predicted octanol–water partition coefficient (Wildman–Crippen LogP) is 4.55. The Morgan fingerprint density at radius 2 is 1.78 bits per heavy atom. The normalized spacial score (nSPS) is 15.5.